The topological polar surface area (TPSA) is 21.3 Å². The quantitative estimate of drug-likeness (QED) is 0.652. The summed E-state index contributed by atoms with van der Waals surface area (Å²) in [5.41, 5.74) is 0. The van der Waals surface area contributed by atoms with Crippen molar-refractivity contribution in [3.05, 3.63) is 0 Å². The third-order valence-corrected chi connectivity index (χ3v) is 2.63. The van der Waals surface area contributed by atoms with E-state index in [0.29, 0.717) is 18.1 Å². The molecule has 86 valence electrons. The highest BCUT2D eigenvalue weighted by molar-refractivity contribution is 4.63. The van der Waals surface area contributed by atoms with E-state index in [1.807, 2.05) is 7.05 Å². The Labute approximate surface area is 89.4 Å². The summed E-state index contributed by atoms with van der Waals surface area (Å²) >= 11 is 0. The predicted molar refractivity (Wildman–Crippen MR) is 62.6 cm³/mol. The molecule has 0 amide bonds. The normalized spacial score (nSPS) is 17.8. The minimum atomic E-state index is 0.372. The van der Waals surface area contributed by atoms with Crippen molar-refractivity contribution in [3.8, 4) is 0 Å². The Morgan fingerprint density at radius 3 is 2.36 bits per heavy atom. The van der Waals surface area contributed by atoms with E-state index in [1.165, 1.54) is 12.8 Å². The summed E-state index contributed by atoms with van der Waals surface area (Å²) < 4.78 is 5.79. The van der Waals surface area contributed by atoms with Crippen molar-refractivity contribution >= 4 is 0 Å². The average Bonchev–Trinajstić information content (AvgIpc) is 2.15. The molecule has 0 bridgehead atoms. The van der Waals surface area contributed by atoms with Crippen LogP contribution in [-0.2, 0) is 4.74 Å². The van der Waals surface area contributed by atoms with Crippen LogP contribution in [0.1, 0.15) is 47.0 Å². The number of rotatable bonds is 8. The van der Waals surface area contributed by atoms with E-state index in [0.717, 1.165) is 13.0 Å². The fraction of sp³-hybridized carbons (Fsp3) is 1.00. The fourth-order valence-corrected chi connectivity index (χ4v) is 1.59. The zero-order valence-corrected chi connectivity index (χ0v) is 10.5. The van der Waals surface area contributed by atoms with Gasteiger partial charge < -0.3 is 10.1 Å². The maximum atomic E-state index is 5.79. The van der Waals surface area contributed by atoms with Crippen molar-refractivity contribution in [3.63, 3.8) is 0 Å². The first kappa shape index (κ1) is 13.9. The first-order chi connectivity index (χ1) is 6.60. The number of ether oxygens (including phenoxy) is 1. The number of hydrogen-bond acceptors (Lipinski definition) is 2. The molecule has 0 aliphatic heterocycles. The van der Waals surface area contributed by atoms with E-state index in [-0.39, 0.29) is 0 Å². The van der Waals surface area contributed by atoms with Crippen molar-refractivity contribution in [2.45, 2.75) is 59.1 Å². The maximum absolute atomic E-state index is 5.79. The molecule has 0 aliphatic rings. The Morgan fingerprint density at radius 2 is 1.86 bits per heavy atom. The van der Waals surface area contributed by atoms with Crippen LogP contribution >= 0.6 is 0 Å². The highest BCUT2D eigenvalue weighted by Gasteiger charge is 2.09. The summed E-state index contributed by atoms with van der Waals surface area (Å²) in [6, 6.07) is 0.548. The Kier molecular flexibility index (Phi) is 8.20. The molecule has 0 spiro atoms. The molecule has 0 radical (unpaired) electrons. The second-order valence-electron chi connectivity index (χ2n) is 4.46. The van der Waals surface area contributed by atoms with Gasteiger partial charge in [0.1, 0.15) is 0 Å². The minimum Gasteiger partial charge on any atom is -0.378 e. The molecule has 0 aromatic carbocycles. The van der Waals surface area contributed by atoms with E-state index in [9.17, 15) is 0 Å². The molecule has 0 rings (SSSR count). The van der Waals surface area contributed by atoms with Crippen LogP contribution in [0.5, 0.6) is 0 Å². The van der Waals surface area contributed by atoms with E-state index >= 15 is 0 Å². The molecule has 0 saturated carbocycles. The van der Waals surface area contributed by atoms with Gasteiger partial charge in [0.15, 0.2) is 0 Å². The summed E-state index contributed by atoms with van der Waals surface area (Å²) in [6.45, 7) is 9.74. The summed E-state index contributed by atoms with van der Waals surface area (Å²) in [6.07, 6.45) is 3.99. The van der Waals surface area contributed by atoms with Crippen LogP contribution < -0.4 is 5.32 Å². The van der Waals surface area contributed by atoms with Crippen molar-refractivity contribution < 1.29 is 4.74 Å². The average molecular weight is 201 g/mol. The van der Waals surface area contributed by atoms with Gasteiger partial charge >= 0.3 is 0 Å². The van der Waals surface area contributed by atoms with E-state index in [4.69, 9.17) is 4.74 Å². The lowest BCUT2D eigenvalue weighted by atomic mass is 10.1. The molecule has 14 heavy (non-hydrogen) atoms. The smallest absolute Gasteiger partial charge is 0.0561 e. The molecule has 2 heteroatoms. The van der Waals surface area contributed by atoms with Gasteiger partial charge in [0, 0.05) is 12.6 Å². The molecule has 0 fully saturated rings. The third kappa shape index (κ3) is 7.34. The third-order valence-electron chi connectivity index (χ3n) is 2.63. The predicted octanol–water partition coefficient (Wildman–Crippen LogP) is 2.83. The Bertz CT molecular complexity index is 127. The van der Waals surface area contributed by atoms with Crippen LogP contribution in [0.3, 0.4) is 0 Å². The summed E-state index contributed by atoms with van der Waals surface area (Å²) in [4.78, 5) is 0. The van der Waals surface area contributed by atoms with Crippen LogP contribution in [0.2, 0.25) is 0 Å². The lowest BCUT2D eigenvalue weighted by Gasteiger charge is -2.19. The van der Waals surface area contributed by atoms with Crippen molar-refractivity contribution in [1.82, 2.24) is 5.32 Å². The van der Waals surface area contributed by atoms with E-state index < -0.39 is 0 Å². The maximum Gasteiger partial charge on any atom is 0.0561 e. The molecule has 0 aromatic heterocycles. The Morgan fingerprint density at radius 1 is 1.21 bits per heavy atom. The minimum absolute atomic E-state index is 0.372. The van der Waals surface area contributed by atoms with E-state index in [2.05, 4.69) is 33.0 Å². The van der Waals surface area contributed by atoms with Gasteiger partial charge in [-0.1, -0.05) is 20.3 Å². The number of nitrogens with one attached hydrogen (secondary N) is 1. The molecule has 0 heterocycles. The number of hydrogen-bond donors (Lipinski definition) is 1. The van der Waals surface area contributed by atoms with Crippen LogP contribution in [0.25, 0.3) is 0 Å². The standard InChI is InChI=1S/C12H27NO/c1-6-7-10(2)9-14-12(4)8-11(3)13-5/h10-13H,6-9H2,1-5H3. The highest BCUT2D eigenvalue weighted by atomic mass is 16.5. The van der Waals surface area contributed by atoms with Crippen LogP contribution in [0.15, 0.2) is 0 Å². The van der Waals surface area contributed by atoms with Gasteiger partial charge in [-0.15, -0.1) is 0 Å². The fourth-order valence-electron chi connectivity index (χ4n) is 1.59. The van der Waals surface area contributed by atoms with Crippen molar-refractivity contribution in [2.24, 2.45) is 5.92 Å². The van der Waals surface area contributed by atoms with Crippen molar-refractivity contribution in [2.75, 3.05) is 13.7 Å². The Balaban J connectivity index is 3.47. The lowest BCUT2D eigenvalue weighted by molar-refractivity contribution is 0.0325. The van der Waals surface area contributed by atoms with Gasteiger partial charge in [-0.25, -0.2) is 0 Å². The zero-order valence-electron chi connectivity index (χ0n) is 10.5. The first-order valence-electron chi connectivity index (χ1n) is 5.89. The highest BCUT2D eigenvalue weighted by Crippen LogP contribution is 2.09. The van der Waals surface area contributed by atoms with Gasteiger partial charge in [-0.3, -0.25) is 0 Å². The van der Waals surface area contributed by atoms with Crippen LogP contribution in [-0.4, -0.2) is 25.8 Å². The van der Waals surface area contributed by atoms with Gasteiger partial charge in [0.2, 0.25) is 0 Å². The molecule has 0 aliphatic carbocycles. The zero-order chi connectivity index (χ0) is 11.0. The lowest BCUT2D eigenvalue weighted by Crippen LogP contribution is -2.27. The molecule has 0 saturated heterocycles. The van der Waals surface area contributed by atoms with Gasteiger partial charge in [0.05, 0.1) is 6.10 Å². The molecule has 1 N–H and O–H groups in total. The first-order valence-corrected chi connectivity index (χ1v) is 5.89. The SMILES string of the molecule is CCCC(C)COC(C)CC(C)NC. The Hall–Kier alpha value is -0.0800. The van der Waals surface area contributed by atoms with Crippen LogP contribution in [0.4, 0.5) is 0 Å². The molecule has 3 unspecified atom stereocenters. The van der Waals surface area contributed by atoms with Crippen LogP contribution in [0, 0.1) is 5.92 Å². The van der Waals surface area contributed by atoms with Gasteiger partial charge in [-0.2, -0.15) is 0 Å². The second-order valence-corrected chi connectivity index (χ2v) is 4.46. The van der Waals surface area contributed by atoms with Gasteiger partial charge in [-0.05, 0) is 39.7 Å². The second kappa shape index (κ2) is 8.25. The summed E-state index contributed by atoms with van der Waals surface area (Å²) in [5, 5.41) is 3.23. The van der Waals surface area contributed by atoms with E-state index in [1.54, 1.807) is 0 Å². The molecular weight excluding hydrogens is 174 g/mol. The largest absolute Gasteiger partial charge is 0.378 e. The molecular formula is C12H27NO. The molecule has 0 aromatic rings. The van der Waals surface area contributed by atoms with Crippen molar-refractivity contribution in [1.29, 1.82) is 0 Å². The summed E-state index contributed by atoms with van der Waals surface area (Å²) in [5.74, 6) is 0.701. The monoisotopic (exact) mass is 201 g/mol. The molecule has 2 nitrogen and oxygen atoms in total. The van der Waals surface area contributed by atoms with Gasteiger partial charge in [0.25, 0.3) is 0 Å². The molecule has 3 atom stereocenters. The summed E-state index contributed by atoms with van der Waals surface area (Å²) in [7, 11) is 2.00.